The third-order valence-electron chi connectivity index (χ3n) is 4.08. The maximum absolute atomic E-state index is 12.6. The van der Waals surface area contributed by atoms with Gasteiger partial charge in [-0.2, -0.15) is 0 Å². The summed E-state index contributed by atoms with van der Waals surface area (Å²) in [4.78, 5) is 14.4. The highest BCUT2D eigenvalue weighted by Crippen LogP contribution is 2.38. The van der Waals surface area contributed by atoms with Crippen LogP contribution < -0.4 is 10.6 Å². The molecule has 1 saturated carbocycles. The first kappa shape index (κ1) is 12.9. The van der Waals surface area contributed by atoms with Crippen molar-refractivity contribution in [2.45, 2.75) is 39.0 Å². The second-order valence-electron chi connectivity index (χ2n) is 5.54. The summed E-state index contributed by atoms with van der Waals surface area (Å²) in [6.45, 7) is 2.09. The molecule has 0 atom stereocenters. The first-order valence-corrected chi connectivity index (χ1v) is 6.67. The van der Waals surface area contributed by atoms with E-state index in [9.17, 15) is 4.79 Å². The van der Waals surface area contributed by atoms with E-state index >= 15 is 0 Å². The number of amides is 1. The minimum Gasteiger partial charge on any atom is -0.397 e. The molecule has 2 N–H and O–H groups in total. The lowest BCUT2D eigenvalue weighted by atomic mass is 9.74. The van der Waals surface area contributed by atoms with Gasteiger partial charge in [-0.1, -0.05) is 38.3 Å². The summed E-state index contributed by atoms with van der Waals surface area (Å²) < 4.78 is 0. The van der Waals surface area contributed by atoms with Crippen molar-refractivity contribution >= 4 is 17.3 Å². The highest BCUT2D eigenvalue weighted by Gasteiger charge is 2.37. The van der Waals surface area contributed by atoms with E-state index in [1.807, 2.05) is 31.3 Å². The number of nitrogen functional groups attached to an aromatic ring is 1. The van der Waals surface area contributed by atoms with Crippen molar-refractivity contribution in [3.05, 3.63) is 24.3 Å². The number of rotatable bonds is 2. The molecule has 2 rings (SSSR count). The topological polar surface area (TPSA) is 46.3 Å². The lowest BCUT2D eigenvalue weighted by Crippen LogP contribution is -2.41. The Bertz CT molecular complexity index is 436. The Hall–Kier alpha value is -1.51. The van der Waals surface area contributed by atoms with Gasteiger partial charge in [-0.15, -0.1) is 0 Å². The van der Waals surface area contributed by atoms with E-state index in [0.29, 0.717) is 5.69 Å². The van der Waals surface area contributed by atoms with Crippen molar-refractivity contribution in [1.29, 1.82) is 0 Å². The van der Waals surface area contributed by atoms with Crippen molar-refractivity contribution in [2.24, 2.45) is 5.41 Å². The molecule has 0 bridgehead atoms. The van der Waals surface area contributed by atoms with Crippen LogP contribution in [0.25, 0.3) is 0 Å². The number of carbonyl (C=O) groups is 1. The fourth-order valence-corrected chi connectivity index (χ4v) is 2.85. The molecule has 98 valence electrons. The minimum absolute atomic E-state index is 0.195. The average molecular weight is 246 g/mol. The Morgan fingerprint density at radius 2 is 1.83 bits per heavy atom. The fourth-order valence-electron chi connectivity index (χ4n) is 2.85. The summed E-state index contributed by atoms with van der Waals surface area (Å²) in [6, 6.07) is 7.54. The van der Waals surface area contributed by atoms with Crippen LogP contribution in [0.2, 0.25) is 0 Å². The quantitative estimate of drug-likeness (QED) is 0.814. The van der Waals surface area contributed by atoms with Gasteiger partial charge < -0.3 is 10.6 Å². The molecule has 0 saturated heterocycles. The number of anilines is 2. The third kappa shape index (κ3) is 2.35. The first-order valence-electron chi connectivity index (χ1n) is 6.67. The van der Waals surface area contributed by atoms with Crippen molar-refractivity contribution < 1.29 is 4.79 Å². The van der Waals surface area contributed by atoms with Crippen LogP contribution in [-0.2, 0) is 4.79 Å². The zero-order valence-corrected chi connectivity index (χ0v) is 11.3. The minimum atomic E-state index is -0.213. The Morgan fingerprint density at radius 3 is 2.44 bits per heavy atom. The molecule has 0 heterocycles. The Labute approximate surface area is 109 Å². The van der Waals surface area contributed by atoms with Crippen molar-refractivity contribution in [2.75, 3.05) is 17.7 Å². The molecule has 0 spiro atoms. The monoisotopic (exact) mass is 246 g/mol. The van der Waals surface area contributed by atoms with Crippen LogP contribution in [0, 0.1) is 5.41 Å². The third-order valence-corrected chi connectivity index (χ3v) is 4.08. The van der Waals surface area contributed by atoms with Crippen LogP contribution in [0.4, 0.5) is 11.4 Å². The van der Waals surface area contributed by atoms with Gasteiger partial charge in [0.2, 0.25) is 5.91 Å². The molecule has 1 aliphatic carbocycles. The molecule has 18 heavy (non-hydrogen) atoms. The van der Waals surface area contributed by atoms with Gasteiger partial charge in [-0.25, -0.2) is 0 Å². The molecule has 1 fully saturated rings. The standard InChI is InChI=1S/C15H22N2O/c1-15(10-6-3-7-11-15)14(18)17(2)13-9-5-4-8-12(13)16/h4-5,8-9H,3,6-7,10-11,16H2,1-2H3. The molecule has 3 heteroatoms. The van der Waals surface area contributed by atoms with Crippen LogP contribution in [0.1, 0.15) is 39.0 Å². The molecule has 0 aliphatic heterocycles. The average Bonchev–Trinajstić information content (AvgIpc) is 2.38. The fraction of sp³-hybridized carbons (Fsp3) is 0.533. The highest BCUT2D eigenvalue weighted by molar-refractivity contribution is 5.99. The maximum atomic E-state index is 12.6. The van der Waals surface area contributed by atoms with E-state index < -0.39 is 0 Å². The van der Waals surface area contributed by atoms with Gasteiger partial charge in [0, 0.05) is 12.5 Å². The largest absolute Gasteiger partial charge is 0.397 e. The van der Waals surface area contributed by atoms with Gasteiger partial charge in [0.05, 0.1) is 11.4 Å². The van der Waals surface area contributed by atoms with E-state index in [0.717, 1.165) is 31.4 Å². The SMILES string of the molecule is CN(C(=O)C1(C)CCCCC1)c1ccccc1N. The second kappa shape index (κ2) is 5.01. The molecule has 0 radical (unpaired) electrons. The van der Waals surface area contributed by atoms with Crippen molar-refractivity contribution in [1.82, 2.24) is 0 Å². The molecule has 1 aliphatic rings. The maximum Gasteiger partial charge on any atom is 0.232 e. The number of nitrogens with two attached hydrogens (primary N) is 1. The van der Waals surface area contributed by atoms with Gasteiger partial charge in [0.15, 0.2) is 0 Å². The Kier molecular flexibility index (Phi) is 3.60. The molecule has 3 nitrogen and oxygen atoms in total. The Balaban J connectivity index is 2.21. The van der Waals surface area contributed by atoms with Crippen molar-refractivity contribution in [3.63, 3.8) is 0 Å². The molecule has 0 aromatic heterocycles. The number of carbonyl (C=O) groups excluding carboxylic acids is 1. The lowest BCUT2D eigenvalue weighted by molar-refractivity contribution is -0.128. The van der Waals surface area contributed by atoms with E-state index in [1.54, 1.807) is 4.90 Å². The van der Waals surface area contributed by atoms with E-state index in [4.69, 9.17) is 5.73 Å². The number of hydrogen-bond donors (Lipinski definition) is 1. The van der Waals surface area contributed by atoms with E-state index in [-0.39, 0.29) is 11.3 Å². The van der Waals surface area contributed by atoms with E-state index in [2.05, 4.69) is 6.92 Å². The van der Waals surface area contributed by atoms with Gasteiger partial charge in [0.25, 0.3) is 0 Å². The van der Waals surface area contributed by atoms with Gasteiger partial charge >= 0.3 is 0 Å². The predicted molar refractivity (Wildman–Crippen MR) is 75.5 cm³/mol. The van der Waals surface area contributed by atoms with Crippen LogP contribution in [-0.4, -0.2) is 13.0 Å². The smallest absolute Gasteiger partial charge is 0.232 e. The number of benzene rings is 1. The molecular formula is C15H22N2O. The van der Waals surface area contributed by atoms with Crippen LogP contribution >= 0.6 is 0 Å². The number of hydrogen-bond acceptors (Lipinski definition) is 2. The number of para-hydroxylation sites is 2. The summed E-state index contributed by atoms with van der Waals surface area (Å²) >= 11 is 0. The lowest BCUT2D eigenvalue weighted by Gasteiger charge is -2.35. The van der Waals surface area contributed by atoms with Crippen LogP contribution in [0.5, 0.6) is 0 Å². The zero-order chi connectivity index (χ0) is 13.2. The zero-order valence-electron chi connectivity index (χ0n) is 11.3. The summed E-state index contributed by atoms with van der Waals surface area (Å²) in [5.74, 6) is 0.195. The molecular weight excluding hydrogens is 224 g/mol. The summed E-state index contributed by atoms with van der Waals surface area (Å²) in [7, 11) is 1.83. The summed E-state index contributed by atoms with van der Waals surface area (Å²) in [5.41, 5.74) is 7.20. The second-order valence-corrected chi connectivity index (χ2v) is 5.54. The molecule has 1 aromatic carbocycles. The normalized spacial score (nSPS) is 18.3. The van der Waals surface area contributed by atoms with Gasteiger partial charge in [-0.05, 0) is 25.0 Å². The first-order chi connectivity index (χ1) is 8.54. The van der Waals surface area contributed by atoms with Crippen molar-refractivity contribution in [3.8, 4) is 0 Å². The van der Waals surface area contributed by atoms with E-state index in [1.165, 1.54) is 6.42 Å². The highest BCUT2D eigenvalue weighted by atomic mass is 16.2. The molecule has 1 aromatic rings. The predicted octanol–water partition coefficient (Wildman–Crippen LogP) is 3.20. The number of nitrogens with zero attached hydrogens (tertiary/aromatic N) is 1. The summed E-state index contributed by atoms with van der Waals surface area (Å²) in [5, 5.41) is 0. The van der Waals surface area contributed by atoms with Gasteiger partial charge in [0.1, 0.15) is 0 Å². The van der Waals surface area contributed by atoms with Crippen LogP contribution in [0.3, 0.4) is 0 Å². The molecule has 1 amide bonds. The van der Waals surface area contributed by atoms with Gasteiger partial charge in [-0.3, -0.25) is 4.79 Å². The summed E-state index contributed by atoms with van der Waals surface area (Å²) in [6.07, 6.45) is 5.53. The van der Waals surface area contributed by atoms with Crippen LogP contribution in [0.15, 0.2) is 24.3 Å². The molecule has 0 unspecified atom stereocenters. The Morgan fingerprint density at radius 1 is 1.22 bits per heavy atom.